The Morgan fingerprint density at radius 2 is 1.90 bits per heavy atom. The van der Waals surface area contributed by atoms with Crippen molar-refractivity contribution < 1.29 is 4.39 Å². The molecule has 0 aliphatic carbocycles. The minimum absolute atomic E-state index is 0.297. The second-order valence-corrected chi connectivity index (χ2v) is 5.25. The van der Waals surface area contributed by atoms with E-state index in [1.807, 2.05) is 24.3 Å². The van der Waals surface area contributed by atoms with Crippen LogP contribution < -0.4 is 5.32 Å². The molecule has 0 atom stereocenters. The molecule has 0 bridgehead atoms. The summed E-state index contributed by atoms with van der Waals surface area (Å²) >= 11 is 3.31. The van der Waals surface area contributed by atoms with Gasteiger partial charge in [0.2, 0.25) is 0 Å². The Bertz CT molecular complexity index is 851. The van der Waals surface area contributed by atoms with Crippen LogP contribution in [0.1, 0.15) is 5.56 Å². The van der Waals surface area contributed by atoms with E-state index in [1.54, 1.807) is 12.1 Å². The standard InChI is InChI=1S/C16H9BrFN3/c17-12-5-3-6-13(18)16(12)21-15-10(8-19)9-20-14-7-2-1-4-11(14)15/h1-7,9H,(H,20,21). The molecule has 2 aromatic carbocycles. The molecule has 0 unspecified atom stereocenters. The van der Waals surface area contributed by atoms with Gasteiger partial charge in [0, 0.05) is 16.1 Å². The molecule has 0 fully saturated rings. The normalized spacial score (nSPS) is 10.3. The van der Waals surface area contributed by atoms with Crippen molar-refractivity contribution in [3.8, 4) is 6.07 Å². The maximum Gasteiger partial charge on any atom is 0.147 e. The number of fused-ring (bicyclic) bond motifs is 1. The Hall–Kier alpha value is -2.45. The average Bonchev–Trinajstić information content (AvgIpc) is 2.51. The van der Waals surface area contributed by atoms with Gasteiger partial charge in [0.05, 0.1) is 22.5 Å². The van der Waals surface area contributed by atoms with Crippen molar-refractivity contribution in [1.29, 1.82) is 5.26 Å². The lowest BCUT2D eigenvalue weighted by molar-refractivity contribution is 0.631. The average molecular weight is 342 g/mol. The van der Waals surface area contributed by atoms with Crippen LogP contribution in [0.25, 0.3) is 10.9 Å². The molecule has 5 heteroatoms. The number of benzene rings is 2. The zero-order valence-corrected chi connectivity index (χ0v) is 12.4. The van der Waals surface area contributed by atoms with Gasteiger partial charge < -0.3 is 5.32 Å². The monoisotopic (exact) mass is 341 g/mol. The molecular weight excluding hydrogens is 333 g/mol. The summed E-state index contributed by atoms with van der Waals surface area (Å²) in [7, 11) is 0. The Kier molecular flexibility index (Phi) is 3.55. The highest BCUT2D eigenvalue weighted by molar-refractivity contribution is 9.10. The fourth-order valence-electron chi connectivity index (χ4n) is 2.10. The molecule has 0 aliphatic heterocycles. The number of pyridine rings is 1. The third-order valence-corrected chi connectivity index (χ3v) is 3.77. The first-order chi connectivity index (χ1) is 10.2. The second-order valence-electron chi connectivity index (χ2n) is 4.40. The number of nitrogens with zero attached hydrogens (tertiary/aromatic N) is 2. The highest BCUT2D eigenvalue weighted by atomic mass is 79.9. The van der Waals surface area contributed by atoms with E-state index in [0.717, 1.165) is 10.9 Å². The van der Waals surface area contributed by atoms with Crippen molar-refractivity contribution >= 4 is 38.2 Å². The third kappa shape index (κ3) is 2.46. The summed E-state index contributed by atoms with van der Waals surface area (Å²) in [5, 5.41) is 13.0. The maximum atomic E-state index is 14.0. The molecular formula is C16H9BrFN3. The molecule has 3 rings (SSSR count). The Morgan fingerprint density at radius 1 is 1.10 bits per heavy atom. The maximum absolute atomic E-state index is 14.0. The Balaban J connectivity index is 2.22. The third-order valence-electron chi connectivity index (χ3n) is 3.11. The Morgan fingerprint density at radius 3 is 2.67 bits per heavy atom. The van der Waals surface area contributed by atoms with Gasteiger partial charge in [0.1, 0.15) is 11.9 Å². The zero-order chi connectivity index (χ0) is 14.8. The molecule has 0 saturated heterocycles. The van der Waals surface area contributed by atoms with Gasteiger partial charge in [0.25, 0.3) is 0 Å². The van der Waals surface area contributed by atoms with Crippen molar-refractivity contribution in [1.82, 2.24) is 4.98 Å². The van der Waals surface area contributed by atoms with E-state index in [1.165, 1.54) is 12.3 Å². The van der Waals surface area contributed by atoms with Crippen LogP contribution >= 0.6 is 15.9 Å². The van der Waals surface area contributed by atoms with E-state index >= 15 is 0 Å². The molecule has 1 heterocycles. The van der Waals surface area contributed by atoms with E-state index < -0.39 is 5.82 Å². The lowest BCUT2D eigenvalue weighted by Gasteiger charge is -2.13. The van der Waals surface area contributed by atoms with Gasteiger partial charge in [0.15, 0.2) is 0 Å². The number of rotatable bonds is 2. The molecule has 0 amide bonds. The summed E-state index contributed by atoms with van der Waals surface area (Å²) in [5.74, 6) is -0.394. The van der Waals surface area contributed by atoms with Crippen LogP contribution in [-0.2, 0) is 0 Å². The molecule has 0 radical (unpaired) electrons. The van der Waals surface area contributed by atoms with Gasteiger partial charge >= 0.3 is 0 Å². The first-order valence-electron chi connectivity index (χ1n) is 6.19. The topological polar surface area (TPSA) is 48.7 Å². The number of para-hydroxylation sites is 2. The zero-order valence-electron chi connectivity index (χ0n) is 10.8. The fourth-order valence-corrected chi connectivity index (χ4v) is 2.54. The lowest BCUT2D eigenvalue weighted by atomic mass is 10.1. The van der Waals surface area contributed by atoms with Crippen LogP contribution in [0.4, 0.5) is 15.8 Å². The van der Waals surface area contributed by atoms with Gasteiger partial charge in [-0.25, -0.2) is 4.39 Å². The summed E-state index contributed by atoms with van der Waals surface area (Å²) < 4.78 is 14.6. The number of nitrogens with one attached hydrogen (secondary N) is 1. The smallest absolute Gasteiger partial charge is 0.147 e. The molecule has 3 nitrogen and oxygen atoms in total. The van der Waals surface area contributed by atoms with Gasteiger partial charge in [-0.1, -0.05) is 24.3 Å². The first kappa shape index (κ1) is 13.5. The first-order valence-corrected chi connectivity index (χ1v) is 6.99. The molecule has 3 aromatic rings. The number of aromatic nitrogens is 1. The summed E-state index contributed by atoms with van der Waals surface area (Å²) in [6.07, 6.45) is 1.49. The number of hydrogen-bond acceptors (Lipinski definition) is 3. The molecule has 0 spiro atoms. The van der Waals surface area contributed by atoms with Crippen molar-refractivity contribution in [2.75, 3.05) is 5.32 Å². The number of nitriles is 1. The van der Waals surface area contributed by atoms with Crippen molar-refractivity contribution in [3.05, 3.63) is 64.5 Å². The van der Waals surface area contributed by atoms with Crippen LogP contribution in [0, 0.1) is 17.1 Å². The van der Waals surface area contributed by atoms with Gasteiger partial charge in [-0.3, -0.25) is 4.98 Å². The predicted octanol–water partition coefficient (Wildman–Crippen LogP) is 4.75. The minimum Gasteiger partial charge on any atom is -0.351 e. The largest absolute Gasteiger partial charge is 0.351 e. The molecule has 1 N–H and O–H groups in total. The van der Waals surface area contributed by atoms with Crippen LogP contribution in [0.15, 0.2) is 53.1 Å². The molecule has 0 saturated carbocycles. The molecule has 102 valence electrons. The van der Waals surface area contributed by atoms with E-state index in [2.05, 4.69) is 32.3 Å². The summed E-state index contributed by atoms with van der Waals surface area (Å²) in [6, 6.07) is 14.2. The van der Waals surface area contributed by atoms with Crippen LogP contribution in [0.2, 0.25) is 0 Å². The summed E-state index contributed by atoms with van der Waals surface area (Å²) in [4.78, 5) is 4.23. The quantitative estimate of drug-likeness (QED) is 0.731. The predicted molar refractivity (Wildman–Crippen MR) is 83.8 cm³/mol. The van der Waals surface area contributed by atoms with Crippen molar-refractivity contribution in [2.45, 2.75) is 0 Å². The van der Waals surface area contributed by atoms with E-state index in [-0.39, 0.29) is 0 Å². The fraction of sp³-hybridized carbons (Fsp3) is 0. The number of anilines is 2. The molecule has 21 heavy (non-hydrogen) atoms. The molecule has 1 aromatic heterocycles. The SMILES string of the molecule is N#Cc1cnc2ccccc2c1Nc1c(F)cccc1Br. The summed E-state index contributed by atoms with van der Waals surface area (Å²) in [5.41, 5.74) is 1.95. The Labute approximate surface area is 129 Å². The number of hydrogen-bond donors (Lipinski definition) is 1. The van der Waals surface area contributed by atoms with Gasteiger partial charge in [-0.15, -0.1) is 0 Å². The highest BCUT2D eigenvalue weighted by Crippen LogP contribution is 2.33. The van der Waals surface area contributed by atoms with Crippen LogP contribution in [0.3, 0.4) is 0 Å². The molecule has 0 aliphatic rings. The summed E-state index contributed by atoms with van der Waals surface area (Å²) in [6.45, 7) is 0. The van der Waals surface area contributed by atoms with E-state index in [0.29, 0.717) is 21.4 Å². The van der Waals surface area contributed by atoms with E-state index in [9.17, 15) is 9.65 Å². The van der Waals surface area contributed by atoms with Crippen LogP contribution in [-0.4, -0.2) is 4.98 Å². The van der Waals surface area contributed by atoms with Gasteiger partial charge in [-0.05, 0) is 34.1 Å². The second kappa shape index (κ2) is 5.51. The lowest BCUT2D eigenvalue weighted by Crippen LogP contribution is -1.99. The van der Waals surface area contributed by atoms with Crippen molar-refractivity contribution in [3.63, 3.8) is 0 Å². The van der Waals surface area contributed by atoms with E-state index in [4.69, 9.17) is 0 Å². The number of halogens is 2. The van der Waals surface area contributed by atoms with Crippen LogP contribution in [0.5, 0.6) is 0 Å². The van der Waals surface area contributed by atoms with Gasteiger partial charge in [-0.2, -0.15) is 5.26 Å². The highest BCUT2D eigenvalue weighted by Gasteiger charge is 2.12. The van der Waals surface area contributed by atoms with Crippen molar-refractivity contribution in [2.24, 2.45) is 0 Å². The minimum atomic E-state index is -0.394.